The lowest BCUT2D eigenvalue weighted by Gasteiger charge is -2.30. The molecule has 3 aromatic carbocycles. The second-order valence-electron chi connectivity index (χ2n) is 7.82. The van der Waals surface area contributed by atoms with Crippen LogP contribution < -0.4 is 14.4 Å². The van der Waals surface area contributed by atoms with Crippen molar-refractivity contribution in [3.8, 4) is 17.2 Å². The van der Waals surface area contributed by atoms with Crippen LogP contribution in [0.2, 0.25) is 0 Å². The summed E-state index contributed by atoms with van der Waals surface area (Å²) >= 11 is 0. The fourth-order valence-electron chi connectivity index (χ4n) is 3.64. The van der Waals surface area contributed by atoms with Gasteiger partial charge in [-0.1, -0.05) is 12.1 Å². The predicted molar refractivity (Wildman–Crippen MR) is 117 cm³/mol. The van der Waals surface area contributed by atoms with Crippen molar-refractivity contribution in [2.24, 2.45) is 0 Å². The maximum Gasteiger partial charge on any atom is 0.416 e. The molecule has 5 nitrogen and oxygen atoms in total. The van der Waals surface area contributed by atoms with Crippen LogP contribution in [-0.4, -0.2) is 19.1 Å². The summed E-state index contributed by atoms with van der Waals surface area (Å²) < 4.78 is 90.4. The Morgan fingerprint density at radius 2 is 1.53 bits per heavy atom. The molecule has 0 radical (unpaired) electrons. The number of carbonyl (C=O) groups is 1. The second-order valence-corrected chi connectivity index (χ2v) is 7.82. The zero-order chi connectivity index (χ0) is 26.1. The normalized spacial score (nSPS) is 13.4. The van der Waals surface area contributed by atoms with Crippen LogP contribution in [0.15, 0.2) is 60.7 Å². The molecular weight excluding hydrogens is 490 g/mol. The Bertz CT molecular complexity index is 1300. The van der Waals surface area contributed by atoms with Crippen LogP contribution in [0.4, 0.5) is 37.7 Å². The summed E-state index contributed by atoms with van der Waals surface area (Å²) in [6.45, 7) is 7.12. The van der Waals surface area contributed by atoms with E-state index < -0.39 is 41.4 Å². The fraction of sp³-hybridized carbons (Fsp3) is 0.200. The van der Waals surface area contributed by atoms with E-state index in [0.29, 0.717) is 35.1 Å². The topological polar surface area (TPSA) is 43.1 Å². The molecule has 186 valence electrons. The molecule has 1 heterocycles. The van der Waals surface area contributed by atoms with E-state index in [-0.39, 0.29) is 24.9 Å². The number of anilines is 1. The molecule has 4 rings (SSSR count). The van der Waals surface area contributed by atoms with E-state index in [2.05, 4.69) is 4.85 Å². The molecule has 0 spiro atoms. The minimum absolute atomic E-state index is 0.0201. The highest BCUT2D eigenvalue weighted by Gasteiger charge is 2.37. The summed E-state index contributed by atoms with van der Waals surface area (Å²) in [7, 11) is 0. The van der Waals surface area contributed by atoms with E-state index >= 15 is 0 Å². The summed E-state index contributed by atoms with van der Waals surface area (Å²) in [5.41, 5.74) is -2.70. The number of fused-ring (bicyclic) bond motifs is 1. The van der Waals surface area contributed by atoms with Gasteiger partial charge in [0.2, 0.25) is 5.91 Å². The highest BCUT2D eigenvalue weighted by Crippen LogP contribution is 2.39. The maximum atomic E-state index is 13.2. The average molecular weight is 506 g/mol. The Labute approximate surface area is 201 Å². The molecule has 0 bridgehead atoms. The number of alkyl halides is 6. The fourth-order valence-corrected chi connectivity index (χ4v) is 3.64. The first-order chi connectivity index (χ1) is 16.9. The highest BCUT2D eigenvalue weighted by molar-refractivity contribution is 5.97. The van der Waals surface area contributed by atoms with Gasteiger partial charge in [0.1, 0.15) is 23.9 Å². The monoisotopic (exact) mass is 506 g/mol. The summed E-state index contributed by atoms with van der Waals surface area (Å²) in [5.74, 6) is 0.336. The van der Waals surface area contributed by atoms with Crippen molar-refractivity contribution in [1.29, 1.82) is 0 Å². The van der Waals surface area contributed by atoms with Gasteiger partial charge in [0.15, 0.2) is 5.69 Å². The molecule has 0 unspecified atom stereocenters. The molecule has 0 atom stereocenters. The van der Waals surface area contributed by atoms with Crippen LogP contribution in [0.3, 0.4) is 0 Å². The van der Waals surface area contributed by atoms with Gasteiger partial charge in [0.25, 0.3) is 0 Å². The van der Waals surface area contributed by atoms with Crippen molar-refractivity contribution in [1.82, 2.24) is 0 Å². The predicted octanol–water partition coefficient (Wildman–Crippen LogP) is 7.04. The van der Waals surface area contributed by atoms with Crippen molar-refractivity contribution in [2.45, 2.75) is 18.8 Å². The molecular formula is C25H16F6N2O3. The molecule has 0 saturated heterocycles. The second kappa shape index (κ2) is 9.45. The number of amides is 1. The minimum Gasteiger partial charge on any atom is -0.490 e. The third kappa shape index (κ3) is 5.54. The Morgan fingerprint density at radius 1 is 0.917 bits per heavy atom. The third-order valence-corrected chi connectivity index (χ3v) is 5.30. The zero-order valence-electron chi connectivity index (χ0n) is 18.3. The first kappa shape index (κ1) is 24.9. The Balaban J connectivity index is 1.60. The van der Waals surface area contributed by atoms with Gasteiger partial charge >= 0.3 is 12.4 Å². The van der Waals surface area contributed by atoms with Crippen LogP contribution in [0.5, 0.6) is 17.2 Å². The number of halogens is 6. The molecule has 36 heavy (non-hydrogen) atoms. The lowest BCUT2D eigenvalue weighted by molar-refractivity contribution is -0.143. The van der Waals surface area contributed by atoms with Gasteiger partial charge in [0, 0.05) is 6.07 Å². The zero-order valence-corrected chi connectivity index (χ0v) is 18.3. The summed E-state index contributed by atoms with van der Waals surface area (Å²) in [6, 6.07) is 12.0. The van der Waals surface area contributed by atoms with Crippen molar-refractivity contribution >= 4 is 17.3 Å². The molecule has 0 aliphatic carbocycles. The minimum atomic E-state index is -5.01. The van der Waals surface area contributed by atoms with E-state index in [0.717, 1.165) is 0 Å². The SMILES string of the molecule is [C-]#[N+]c1ccc(Oc2ccc3c(c2)N(C(=O)Cc2cc(C(F)(F)F)cc(C(F)(F)F)c2)CCO3)cc1. The third-order valence-electron chi connectivity index (χ3n) is 5.30. The van der Waals surface area contributed by atoms with Crippen molar-refractivity contribution in [3.05, 3.63) is 88.8 Å². The number of ether oxygens (including phenoxy) is 2. The van der Waals surface area contributed by atoms with Crippen LogP contribution in [-0.2, 0) is 23.6 Å². The first-order valence-electron chi connectivity index (χ1n) is 10.4. The number of hydrogen-bond donors (Lipinski definition) is 0. The van der Waals surface area contributed by atoms with Gasteiger partial charge in [-0.3, -0.25) is 4.79 Å². The number of nitrogens with zero attached hydrogens (tertiary/aromatic N) is 2. The van der Waals surface area contributed by atoms with Gasteiger partial charge < -0.3 is 14.4 Å². The summed E-state index contributed by atoms with van der Waals surface area (Å²) in [4.78, 5) is 17.6. The number of hydrogen-bond acceptors (Lipinski definition) is 3. The number of rotatable bonds is 4. The smallest absolute Gasteiger partial charge is 0.416 e. The maximum absolute atomic E-state index is 13.2. The van der Waals surface area contributed by atoms with Gasteiger partial charge in [0.05, 0.1) is 36.4 Å². The van der Waals surface area contributed by atoms with E-state index in [1.165, 1.54) is 11.0 Å². The van der Waals surface area contributed by atoms with Gasteiger partial charge in [-0.15, -0.1) is 0 Å². The molecule has 11 heteroatoms. The number of benzene rings is 3. The summed E-state index contributed by atoms with van der Waals surface area (Å²) in [5, 5.41) is 0. The Morgan fingerprint density at radius 3 is 2.11 bits per heavy atom. The average Bonchev–Trinajstić information content (AvgIpc) is 2.83. The van der Waals surface area contributed by atoms with E-state index in [1.54, 1.807) is 36.4 Å². The van der Waals surface area contributed by atoms with E-state index in [9.17, 15) is 31.1 Å². The molecule has 0 N–H and O–H groups in total. The molecule has 1 amide bonds. The van der Waals surface area contributed by atoms with E-state index in [4.69, 9.17) is 16.0 Å². The standard InChI is InChI=1S/C25H16F6N2O3/c1-32-18-2-4-19(5-3-18)36-20-6-7-22-21(14-20)33(8-9-35-22)23(34)12-15-10-16(24(26,27)28)13-17(11-15)25(29,30)31/h2-7,10-11,13-14H,8-9,12H2. The Kier molecular flexibility index (Phi) is 6.54. The van der Waals surface area contributed by atoms with Gasteiger partial charge in [-0.25, -0.2) is 4.85 Å². The summed E-state index contributed by atoms with van der Waals surface area (Å²) in [6.07, 6.45) is -10.7. The molecule has 3 aromatic rings. The molecule has 1 aliphatic rings. The van der Waals surface area contributed by atoms with Gasteiger partial charge in [-0.05, 0) is 48.0 Å². The van der Waals surface area contributed by atoms with Crippen molar-refractivity contribution in [3.63, 3.8) is 0 Å². The van der Waals surface area contributed by atoms with Gasteiger partial charge in [-0.2, -0.15) is 26.3 Å². The number of carbonyl (C=O) groups excluding carboxylic acids is 1. The molecule has 0 fully saturated rings. The highest BCUT2D eigenvalue weighted by atomic mass is 19.4. The van der Waals surface area contributed by atoms with Crippen LogP contribution in [0.1, 0.15) is 16.7 Å². The van der Waals surface area contributed by atoms with Crippen molar-refractivity contribution in [2.75, 3.05) is 18.1 Å². The molecule has 1 aliphatic heterocycles. The lowest BCUT2D eigenvalue weighted by Crippen LogP contribution is -2.39. The Hall–Kier alpha value is -4.20. The lowest BCUT2D eigenvalue weighted by atomic mass is 10.0. The quantitative estimate of drug-likeness (QED) is 0.282. The molecule has 0 saturated carbocycles. The van der Waals surface area contributed by atoms with Crippen LogP contribution >= 0.6 is 0 Å². The molecule has 0 aromatic heterocycles. The van der Waals surface area contributed by atoms with Crippen molar-refractivity contribution < 1.29 is 40.6 Å². The van der Waals surface area contributed by atoms with Crippen LogP contribution in [0.25, 0.3) is 4.85 Å². The van der Waals surface area contributed by atoms with E-state index in [1.807, 2.05) is 0 Å². The van der Waals surface area contributed by atoms with Crippen LogP contribution in [0, 0.1) is 6.57 Å². The first-order valence-corrected chi connectivity index (χ1v) is 10.4. The largest absolute Gasteiger partial charge is 0.490 e.